The van der Waals surface area contributed by atoms with Crippen LogP contribution in [0, 0.1) is 18.8 Å². The molecule has 1 aliphatic carbocycles. The first kappa shape index (κ1) is 16.0. The van der Waals surface area contributed by atoms with Crippen molar-refractivity contribution in [2.75, 3.05) is 13.1 Å². The average Bonchev–Trinajstić information content (AvgIpc) is 3.01. The Hall–Kier alpha value is -1.85. The number of amides is 2. The summed E-state index contributed by atoms with van der Waals surface area (Å²) in [6, 6.07) is 0.281. The molecular formula is C17H26N4O2. The van der Waals surface area contributed by atoms with Crippen LogP contribution in [0.15, 0.2) is 12.4 Å². The summed E-state index contributed by atoms with van der Waals surface area (Å²) in [4.78, 5) is 26.0. The normalized spacial score (nSPS) is 28.6. The second-order valence-electron chi connectivity index (χ2n) is 7.03. The Morgan fingerprint density at radius 3 is 2.48 bits per heavy atom. The van der Waals surface area contributed by atoms with E-state index in [1.54, 1.807) is 0 Å². The van der Waals surface area contributed by atoms with Crippen LogP contribution in [-0.4, -0.2) is 39.6 Å². The summed E-state index contributed by atoms with van der Waals surface area (Å²) >= 11 is 0. The van der Waals surface area contributed by atoms with Gasteiger partial charge in [-0.3, -0.25) is 14.3 Å². The first-order valence-corrected chi connectivity index (χ1v) is 8.63. The predicted octanol–water partition coefficient (Wildman–Crippen LogP) is 1.65. The zero-order valence-electron chi connectivity index (χ0n) is 13.8. The van der Waals surface area contributed by atoms with Crippen LogP contribution < -0.4 is 5.73 Å². The van der Waals surface area contributed by atoms with E-state index in [0.29, 0.717) is 0 Å². The fourth-order valence-electron chi connectivity index (χ4n) is 3.89. The van der Waals surface area contributed by atoms with E-state index >= 15 is 0 Å². The van der Waals surface area contributed by atoms with Gasteiger partial charge in [0.25, 0.3) is 0 Å². The second-order valence-corrected chi connectivity index (χ2v) is 7.03. The maximum Gasteiger partial charge on any atom is 0.225 e. The standard InChI is InChI=1S/C17H26N4O2/c1-12-9-19-21(10-12)15-3-2-8-20(11-15)17(23)14-6-4-13(5-7-14)16(18)22/h9-10,13-15H,2-8,11H2,1H3,(H2,18,22). The van der Waals surface area contributed by atoms with Gasteiger partial charge < -0.3 is 10.6 Å². The Bertz CT molecular complexity index is 575. The molecule has 1 atom stereocenters. The summed E-state index contributed by atoms with van der Waals surface area (Å²) in [6.45, 7) is 3.62. The second kappa shape index (κ2) is 6.72. The molecule has 1 aromatic heterocycles. The highest BCUT2D eigenvalue weighted by atomic mass is 16.2. The smallest absolute Gasteiger partial charge is 0.225 e. The molecule has 2 amide bonds. The lowest BCUT2D eigenvalue weighted by molar-refractivity contribution is -0.139. The van der Waals surface area contributed by atoms with E-state index in [9.17, 15) is 9.59 Å². The summed E-state index contributed by atoms with van der Waals surface area (Å²) in [7, 11) is 0. The van der Waals surface area contributed by atoms with Crippen molar-refractivity contribution < 1.29 is 9.59 Å². The minimum absolute atomic E-state index is 0.0415. The SMILES string of the molecule is Cc1cnn(C2CCCN(C(=O)C3CCC(C(N)=O)CC3)C2)c1. The number of nitrogens with two attached hydrogens (primary N) is 1. The molecule has 1 aromatic rings. The number of hydrogen-bond acceptors (Lipinski definition) is 3. The topological polar surface area (TPSA) is 81.2 Å². The molecule has 23 heavy (non-hydrogen) atoms. The first-order chi connectivity index (χ1) is 11.0. The molecule has 1 saturated carbocycles. The number of likely N-dealkylation sites (tertiary alicyclic amines) is 1. The van der Waals surface area contributed by atoms with Crippen molar-refractivity contribution in [2.24, 2.45) is 17.6 Å². The Morgan fingerprint density at radius 1 is 1.17 bits per heavy atom. The van der Waals surface area contributed by atoms with Crippen molar-refractivity contribution in [1.82, 2.24) is 14.7 Å². The molecule has 6 heteroatoms. The molecule has 1 aliphatic heterocycles. The number of carbonyl (C=O) groups excluding carboxylic acids is 2. The lowest BCUT2D eigenvalue weighted by atomic mass is 9.81. The fourth-order valence-corrected chi connectivity index (χ4v) is 3.89. The van der Waals surface area contributed by atoms with Crippen LogP contribution in [-0.2, 0) is 9.59 Å². The van der Waals surface area contributed by atoms with Crippen molar-refractivity contribution in [3.8, 4) is 0 Å². The van der Waals surface area contributed by atoms with E-state index in [0.717, 1.165) is 57.2 Å². The summed E-state index contributed by atoms with van der Waals surface area (Å²) in [6.07, 6.45) is 9.08. The molecule has 3 rings (SSSR count). The Labute approximate surface area is 137 Å². The van der Waals surface area contributed by atoms with Gasteiger partial charge in [-0.05, 0) is 51.0 Å². The first-order valence-electron chi connectivity index (χ1n) is 8.63. The van der Waals surface area contributed by atoms with Crippen LogP contribution in [0.25, 0.3) is 0 Å². The van der Waals surface area contributed by atoms with Gasteiger partial charge in [0.15, 0.2) is 0 Å². The van der Waals surface area contributed by atoms with Gasteiger partial charge in [-0.25, -0.2) is 0 Å². The van der Waals surface area contributed by atoms with Crippen LogP contribution in [0.3, 0.4) is 0 Å². The summed E-state index contributed by atoms with van der Waals surface area (Å²) in [5.74, 6) is 0.0494. The number of piperidine rings is 1. The van der Waals surface area contributed by atoms with E-state index in [2.05, 4.69) is 11.3 Å². The third-order valence-corrected chi connectivity index (χ3v) is 5.29. The Balaban J connectivity index is 1.58. The predicted molar refractivity (Wildman–Crippen MR) is 86.5 cm³/mol. The minimum Gasteiger partial charge on any atom is -0.369 e. The van der Waals surface area contributed by atoms with Crippen LogP contribution in [0.5, 0.6) is 0 Å². The van der Waals surface area contributed by atoms with E-state index < -0.39 is 0 Å². The number of aromatic nitrogens is 2. The zero-order chi connectivity index (χ0) is 16.4. The maximum absolute atomic E-state index is 12.8. The molecular weight excluding hydrogens is 292 g/mol. The summed E-state index contributed by atoms with van der Waals surface area (Å²) in [5, 5.41) is 4.40. The largest absolute Gasteiger partial charge is 0.369 e. The quantitative estimate of drug-likeness (QED) is 0.920. The number of nitrogens with zero attached hydrogens (tertiary/aromatic N) is 3. The van der Waals surface area contributed by atoms with Crippen molar-refractivity contribution >= 4 is 11.8 Å². The highest BCUT2D eigenvalue weighted by molar-refractivity contribution is 5.80. The van der Waals surface area contributed by atoms with Crippen molar-refractivity contribution in [1.29, 1.82) is 0 Å². The van der Waals surface area contributed by atoms with Gasteiger partial charge in [-0.1, -0.05) is 0 Å². The number of carbonyl (C=O) groups is 2. The highest BCUT2D eigenvalue weighted by Gasteiger charge is 2.33. The zero-order valence-corrected chi connectivity index (χ0v) is 13.8. The molecule has 2 fully saturated rings. The maximum atomic E-state index is 12.8. The van der Waals surface area contributed by atoms with Crippen LogP contribution in [0.1, 0.15) is 50.1 Å². The lowest BCUT2D eigenvalue weighted by Gasteiger charge is -2.36. The van der Waals surface area contributed by atoms with E-state index in [1.807, 2.05) is 22.7 Å². The molecule has 0 spiro atoms. The molecule has 1 saturated heterocycles. The third kappa shape index (κ3) is 3.57. The van der Waals surface area contributed by atoms with Gasteiger partial charge in [-0.15, -0.1) is 0 Å². The van der Waals surface area contributed by atoms with Crippen molar-refractivity contribution in [3.63, 3.8) is 0 Å². The van der Waals surface area contributed by atoms with Crippen LogP contribution in [0.4, 0.5) is 0 Å². The number of rotatable bonds is 3. The van der Waals surface area contributed by atoms with Crippen LogP contribution >= 0.6 is 0 Å². The molecule has 0 aromatic carbocycles. The number of primary amides is 1. The highest BCUT2D eigenvalue weighted by Crippen LogP contribution is 2.31. The molecule has 0 bridgehead atoms. The number of hydrogen-bond donors (Lipinski definition) is 1. The van der Waals surface area contributed by atoms with E-state index in [4.69, 9.17) is 5.73 Å². The van der Waals surface area contributed by atoms with Gasteiger partial charge in [0.1, 0.15) is 0 Å². The van der Waals surface area contributed by atoms with E-state index in [-0.39, 0.29) is 29.7 Å². The molecule has 2 aliphatic rings. The average molecular weight is 318 g/mol. The van der Waals surface area contributed by atoms with Crippen molar-refractivity contribution in [2.45, 2.75) is 51.5 Å². The van der Waals surface area contributed by atoms with Crippen LogP contribution in [0.2, 0.25) is 0 Å². The molecule has 1 unspecified atom stereocenters. The monoisotopic (exact) mass is 318 g/mol. The summed E-state index contributed by atoms with van der Waals surface area (Å²) < 4.78 is 2.00. The fraction of sp³-hybridized carbons (Fsp3) is 0.706. The number of aryl methyl sites for hydroxylation is 1. The van der Waals surface area contributed by atoms with Gasteiger partial charge >= 0.3 is 0 Å². The Morgan fingerprint density at radius 2 is 1.87 bits per heavy atom. The van der Waals surface area contributed by atoms with Crippen molar-refractivity contribution in [3.05, 3.63) is 18.0 Å². The lowest BCUT2D eigenvalue weighted by Crippen LogP contribution is -2.44. The molecule has 126 valence electrons. The van der Waals surface area contributed by atoms with Gasteiger partial charge in [-0.2, -0.15) is 5.10 Å². The van der Waals surface area contributed by atoms with Gasteiger partial charge in [0.05, 0.1) is 12.2 Å². The van der Waals surface area contributed by atoms with Gasteiger partial charge in [0.2, 0.25) is 11.8 Å². The molecule has 6 nitrogen and oxygen atoms in total. The minimum atomic E-state index is -0.219. The summed E-state index contributed by atoms with van der Waals surface area (Å²) in [5.41, 5.74) is 6.52. The van der Waals surface area contributed by atoms with Gasteiger partial charge in [0, 0.05) is 31.1 Å². The van der Waals surface area contributed by atoms with E-state index in [1.165, 1.54) is 0 Å². The Kier molecular flexibility index (Phi) is 4.68. The molecule has 2 N–H and O–H groups in total. The third-order valence-electron chi connectivity index (χ3n) is 5.29. The molecule has 0 radical (unpaired) electrons. The molecule has 2 heterocycles.